The fraction of sp³-hybridized carbons (Fsp3) is 0.263. The van der Waals surface area contributed by atoms with E-state index < -0.39 is 0 Å². The summed E-state index contributed by atoms with van der Waals surface area (Å²) in [5.74, 6) is 1.50. The van der Waals surface area contributed by atoms with Crippen molar-refractivity contribution in [2.75, 3.05) is 7.11 Å². The molecular formula is C19H20N4O2. The van der Waals surface area contributed by atoms with Crippen molar-refractivity contribution in [2.24, 2.45) is 0 Å². The molecule has 3 aromatic rings. The number of aromatic nitrogens is 2. The van der Waals surface area contributed by atoms with E-state index in [1.165, 1.54) is 11.1 Å². The van der Waals surface area contributed by atoms with Gasteiger partial charge in [-0.05, 0) is 29.7 Å². The number of amides is 1. The first-order valence-electron chi connectivity index (χ1n) is 8.33. The highest BCUT2D eigenvalue weighted by atomic mass is 16.5. The Morgan fingerprint density at radius 1 is 1.28 bits per heavy atom. The van der Waals surface area contributed by atoms with Crippen LogP contribution in [0.1, 0.15) is 17.0 Å². The van der Waals surface area contributed by atoms with Gasteiger partial charge in [-0.25, -0.2) is 4.98 Å². The van der Waals surface area contributed by atoms with Crippen LogP contribution in [0.3, 0.4) is 0 Å². The molecule has 0 radical (unpaired) electrons. The van der Waals surface area contributed by atoms with Gasteiger partial charge in [-0.2, -0.15) is 0 Å². The lowest BCUT2D eigenvalue weighted by Crippen LogP contribution is -2.47. The summed E-state index contributed by atoms with van der Waals surface area (Å²) in [5, 5.41) is 6.26. The summed E-state index contributed by atoms with van der Waals surface area (Å²) in [4.78, 5) is 20.2. The number of H-pyrrole nitrogens is 1. The molecule has 2 heterocycles. The fourth-order valence-corrected chi connectivity index (χ4v) is 3.19. The Hall–Kier alpha value is -2.86. The average Bonchev–Trinajstić information content (AvgIpc) is 3.07. The second-order valence-electron chi connectivity index (χ2n) is 6.19. The van der Waals surface area contributed by atoms with Crippen LogP contribution in [-0.2, 0) is 24.3 Å². The topological polar surface area (TPSA) is 79.0 Å². The normalized spacial score (nSPS) is 16.4. The van der Waals surface area contributed by atoms with E-state index in [2.05, 4.69) is 32.7 Å². The number of rotatable bonds is 4. The highest BCUT2D eigenvalue weighted by Gasteiger charge is 2.23. The van der Waals surface area contributed by atoms with Crippen molar-refractivity contribution in [2.45, 2.75) is 25.6 Å². The molecule has 0 unspecified atom stereocenters. The molecule has 0 saturated heterocycles. The molecular weight excluding hydrogens is 316 g/mol. The van der Waals surface area contributed by atoms with Gasteiger partial charge < -0.3 is 20.4 Å². The first-order valence-corrected chi connectivity index (χ1v) is 8.33. The minimum atomic E-state index is -0.209. The Balaban J connectivity index is 1.40. The van der Waals surface area contributed by atoms with Crippen LogP contribution in [0.5, 0.6) is 5.75 Å². The second-order valence-corrected chi connectivity index (χ2v) is 6.19. The summed E-state index contributed by atoms with van der Waals surface area (Å²) >= 11 is 0. The standard InChI is InChI=1S/C19H20N4O2/c1-25-14-6-7-15-16(9-14)23-18(22-15)11-21-19(24)17-8-12-4-2-3-5-13(12)10-20-17/h2-7,9,17,20H,8,10-11H2,1H3,(H,21,24)(H,22,23)/t17-/m1/s1. The van der Waals surface area contributed by atoms with E-state index >= 15 is 0 Å². The summed E-state index contributed by atoms with van der Waals surface area (Å²) in [6, 6.07) is 13.7. The van der Waals surface area contributed by atoms with Crippen LogP contribution in [0.4, 0.5) is 0 Å². The molecule has 2 aromatic carbocycles. The number of aromatic amines is 1. The third-order valence-corrected chi connectivity index (χ3v) is 4.57. The van der Waals surface area contributed by atoms with Gasteiger partial charge >= 0.3 is 0 Å². The molecule has 0 saturated carbocycles. The Labute approximate surface area is 145 Å². The smallest absolute Gasteiger partial charge is 0.237 e. The average molecular weight is 336 g/mol. The second kappa shape index (κ2) is 6.57. The molecule has 128 valence electrons. The van der Waals surface area contributed by atoms with E-state index in [1.807, 2.05) is 30.3 Å². The van der Waals surface area contributed by atoms with Crippen LogP contribution in [0.25, 0.3) is 11.0 Å². The van der Waals surface area contributed by atoms with Crippen molar-refractivity contribution < 1.29 is 9.53 Å². The monoisotopic (exact) mass is 336 g/mol. The minimum Gasteiger partial charge on any atom is -0.497 e. The SMILES string of the molecule is COc1ccc2nc(CNC(=O)[C@H]3Cc4ccccc4CN3)[nH]c2c1. The van der Waals surface area contributed by atoms with Crippen LogP contribution in [0, 0.1) is 0 Å². The Bertz CT molecular complexity index is 919. The number of benzene rings is 2. The summed E-state index contributed by atoms with van der Waals surface area (Å²) in [7, 11) is 1.63. The van der Waals surface area contributed by atoms with Crippen LogP contribution in [0.2, 0.25) is 0 Å². The molecule has 1 aliphatic rings. The van der Waals surface area contributed by atoms with Crippen LogP contribution < -0.4 is 15.4 Å². The Kier molecular flexibility index (Phi) is 4.11. The first-order chi connectivity index (χ1) is 12.2. The van der Waals surface area contributed by atoms with E-state index in [-0.39, 0.29) is 11.9 Å². The maximum Gasteiger partial charge on any atom is 0.237 e. The number of carbonyl (C=O) groups is 1. The molecule has 0 fully saturated rings. The molecule has 1 aliphatic heterocycles. The summed E-state index contributed by atoms with van der Waals surface area (Å²) in [6.07, 6.45) is 0.708. The van der Waals surface area contributed by atoms with Gasteiger partial charge in [0.1, 0.15) is 11.6 Å². The van der Waals surface area contributed by atoms with Gasteiger partial charge in [-0.3, -0.25) is 4.79 Å². The summed E-state index contributed by atoms with van der Waals surface area (Å²) in [5.41, 5.74) is 4.25. The van der Waals surface area contributed by atoms with Crippen LogP contribution in [-0.4, -0.2) is 29.0 Å². The quantitative estimate of drug-likeness (QED) is 0.680. The van der Waals surface area contributed by atoms with Gasteiger partial charge in [0, 0.05) is 12.6 Å². The molecule has 0 aliphatic carbocycles. The zero-order valence-corrected chi connectivity index (χ0v) is 14.0. The molecule has 4 rings (SSSR count). The molecule has 0 bridgehead atoms. The number of nitrogens with zero attached hydrogens (tertiary/aromatic N) is 1. The van der Waals surface area contributed by atoms with Crippen molar-refractivity contribution in [1.82, 2.24) is 20.6 Å². The largest absolute Gasteiger partial charge is 0.497 e. The minimum absolute atomic E-state index is 0.00691. The fourth-order valence-electron chi connectivity index (χ4n) is 3.19. The van der Waals surface area contributed by atoms with Gasteiger partial charge in [0.25, 0.3) is 0 Å². The van der Waals surface area contributed by atoms with Crippen molar-refractivity contribution in [3.05, 3.63) is 59.4 Å². The van der Waals surface area contributed by atoms with Gasteiger partial charge in [-0.15, -0.1) is 0 Å². The lowest BCUT2D eigenvalue weighted by Gasteiger charge is -2.25. The lowest BCUT2D eigenvalue weighted by molar-refractivity contribution is -0.123. The van der Waals surface area contributed by atoms with Gasteiger partial charge in [0.2, 0.25) is 5.91 Å². The molecule has 25 heavy (non-hydrogen) atoms. The van der Waals surface area contributed by atoms with Crippen LogP contribution >= 0.6 is 0 Å². The van der Waals surface area contributed by atoms with Gasteiger partial charge in [-0.1, -0.05) is 24.3 Å². The molecule has 1 aromatic heterocycles. The number of methoxy groups -OCH3 is 1. The van der Waals surface area contributed by atoms with Gasteiger partial charge in [0.15, 0.2) is 0 Å². The lowest BCUT2D eigenvalue weighted by atomic mass is 9.95. The van der Waals surface area contributed by atoms with E-state index in [9.17, 15) is 4.79 Å². The highest BCUT2D eigenvalue weighted by Crippen LogP contribution is 2.19. The number of ether oxygens (including phenoxy) is 1. The third kappa shape index (κ3) is 3.21. The molecule has 0 spiro atoms. The molecule has 1 amide bonds. The van der Waals surface area contributed by atoms with E-state index in [1.54, 1.807) is 7.11 Å². The molecule has 3 N–H and O–H groups in total. The highest BCUT2D eigenvalue weighted by molar-refractivity contribution is 5.82. The summed E-state index contributed by atoms with van der Waals surface area (Å²) < 4.78 is 5.21. The molecule has 1 atom stereocenters. The zero-order valence-electron chi connectivity index (χ0n) is 14.0. The van der Waals surface area contributed by atoms with Crippen molar-refractivity contribution in [3.63, 3.8) is 0 Å². The number of fused-ring (bicyclic) bond motifs is 2. The maximum absolute atomic E-state index is 12.5. The van der Waals surface area contributed by atoms with Crippen molar-refractivity contribution in [1.29, 1.82) is 0 Å². The number of imidazole rings is 1. The number of carbonyl (C=O) groups excluding carboxylic acids is 1. The van der Waals surface area contributed by atoms with E-state index in [0.717, 1.165) is 29.2 Å². The Morgan fingerprint density at radius 2 is 2.12 bits per heavy atom. The predicted molar refractivity (Wildman–Crippen MR) is 95.3 cm³/mol. The van der Waals surface area contributed by atoms with Crippen molar-refractivity contribution >= 4 is 16.9 Å². The molecule has 6 nitrogen and oxygen atoms in total. The van der Waals surface area contributed by atoms with E-state index in [4.69, 9.17) is 4.74 Å². The van der Waals surface area contributed by atoms with Crippen molar-refractivity contribution in [3.8, 4) is 5.75 Å². The number of nitrogens with one attached hydrogen (secondary N) is 3. The van der Waals surface area contributed by atoms with E-state index in [0.29, 0.717) is 13.0 Å². The maximum atomic E-state index is 12.5. The number of hydrogen-bond donors (Lipinski definition) is 3. The van der Waals surface area contributed by atoms with Gasteiger partial charge in [0.05, 0.1) is 30.7 Å². The molecule has 6 heteroatoms. The first kappa shape index (κ1) is 15.7. The van der Waals surface area contributed by atoms with Crippen LogP contribution in [0.15, 0.2) is 42.5 Å². The predicted octanol–water partition coefficient (Wildman–Crippen LogP) is 1.90. The number of hydrogen-bond acceptors (Lipinski definition) is 4. The Morgan fingerprint density at radius 3 is 2.96 bits per heavy atom. The summed E-state index contributed by atoms with van der Waals surface area (Å²) in [6.45, 7) is 1.09. The zero-order chi connectivity index (χ0) is 17.2. The third-order valence-electron chi connectivity index (χ3n) is 4.57.